The minimum atomic E-state index is -1.54. The minimum absolute atomic E-state index is 0.0697. The van der Waals surface area contributed by atoms with E-state index in [1.54, 1.807) is 6.08 Å². The van der Waals surface area contributed by atoms with E-state index >= 15 is 0 Å². The molecule has 4 rings (SSSR count). The number of carbonyl (C=O) groups is 2. The molecule has 0 aromatic rings. The first-order valence-corrected chi connectivity index (χ1v) is 9.96. The van der Waals surface area contributed by atoms with Gasteiger partial charge in [0.25, 0.3) is 0 Å². The van der Waals surface area contributed by atoms with Crippen LogP contribution in [0.5, 0.6) is 0 Å². The van der Waals surface area contributed by atoms with Gasteiger partial charge in [0.2, 0.25) is 0 Å². The molecule has 0 aliphatic heterocycles. The molecule has 3 N–H and O–H groups in total. The quantitative estimate of drug-likeness (QED) is 0.696. The van der Waals surface area contributed by atoms with E-state index in [1.807, 2.05) is 6.92 Å². The number of aliphatic hydroxyl groups excluding tert-OH is 2. The van der Waals surface area contributed by atoms with Gasteiger partial charge >= 0.3 is 0 Å². The van der Waals surface area contributed by atoms with E-state index in [0.29, 0.717) is 19.3 Å². The lowest BCUT2D eigenvalue weighted by Crippen LogP contribution is -2.62. The Labute approximate surface area is 154 Å². The van der Waals surface area contributed by atoms with Crippen molar-refractivity contribution in [3.63, 3.8) is 0 Å². The molecule has 3 fully saturated rings. The molecular weight excluding hydrogens is 332 g/mol. The number of hydrogen-bond donors (Lipinski definition) is 3. The summed E-state index contributed by atoms with van der Waals surface area (Å²) in [6.45, 7) is 3.46. The van der Waals surface area contributed by atoms with Crippen LogP contribution in [0.25, 0.3) is 0 Å². The number of fused-ring (bicyclic) bond motifs is 5. The van der Waals surface area contributed by atoms with Gasteiger partial charge < -0.3 is 15.3 Å². The fraction of sp³-hybridized carbons (Fsp3) is 0.810. The molecule has 0 radical (unpaired) electrons. The highest BCUT2D eigenvalue weighted by Gasteiger charge is 2.68. The van der Waals surface area contributed by atoms with E-state index < -0.39 is 29.5 Å². The first kappa shape index (κ1) is 18.3. The van der Waals surface area contributed by atoms with E-state index in [4.69, 9.17) is 0 Å². The molecule has 0 amide bonds. The molecule has 0 unspecified atom stereocenters. The van der Waals surface area contributed by atoms with Crippen LogP contribution in [0.4, 0.5) is 0 Å². The third-order valence-electron chi connectivity index (χ3n) is 8.65. The largest absolute Gasteiger partial charge is 0.393 e. The zero-order chi connectivity index (χ0) is 18.9. The molecule has 144 valence electrons. The molecule has 0 bridgehead atoms. The zero-order valence-electron chi connectivity index (χ0n) is 15.7. The van der Waals surface area contributed by atoms with Crippen molar-refractivity contribution in [2.75, 3.05) is 6.61 Å². The van der Waals surface area contributed by atoms with E-state index in [0.717, 1.165) is 25.7 Å². The molecule has 5 nitrogen and oxygen atoms in total. The van der Waals surface area contributed by atoms with Gasteiger partial charge in [-0.05, 0) is 67.8 Å². The maximum absolute atomic E-state index is 12.4. The summed E-state index contributed by atoms with van der Waals surface area (Å²) in [7, 11) is 0. The number of hydrogen-bond acceptors (Lipinski definition) is 5. The van der Waals surface area contributed by atoms with Crippen LogP contribution >= 0.6 is 0 Å². The van der Waals surface area contributed by atoms with Gasteiger partial charge in [-0.2, -0.15) is 0 Å². The van der Waals surface area contributed by atoms with Gasteiger partial charge in [-0.15, -0.1) is 0 Å². The normalized spacial score (nSPS) is 50.5. The molecule has 0 aromatic heterocycles. The van der Waals surface area contributed by atoms with Crippen LogP contribution in [-0.2, 0) is 9.59 Å². The molecule has 0 spiro atoms. The summed E-state index contributed by atoms with van der Waals surface area (Å²) in [6.07, 6.45) is 5.74. The van der Waals surface area contributed by atoms with Crippen molar-refractivity contribution in [2.24, 2.45) is 28.6 Å². The Bertz CT molecular complexity index is 684. The maximum atomic E-state index is 12.4. The lowest BCUT2D eigenvalue weighted by molar-refractivity contribution is -0.182. The Morgan fingerprint density at radius 3 is 2.65 bits per heavy atom. The molecule has 4 aliphatic carbocycles. The van der Waals surface area contributed by atoms with Crippen molar-refractivity contribution in [1.82, 2.24) is 0 Å². The molecule has 26 heavy (non-hydrogen) atoms. The lowest BCUT2D eigenvalue weighted by Gasteiger charge is -2.60. The number of Topliss-reactive ketones (excluding diaryl/α,β-unsaturated/α-hetero) is 1. The Hall–Kier alpha value is -1.04. The van der Waals surface area contributed by atoms with Crippen LogP contribution in [0.15, 0.2) is 11.6 Å². The Morgan fingerprint density at radius 2 is 1.96 bits per heavy atom. The highest BCUT2D eigenvalue weighted by atomic mass is 16.3. The van der Waals surface area contributed by atoms with E-state index in [-0.39, 0.29) is 29.0 Å². The van der Waals surface area contributed by atoms with Crippen LogP contribution in [0.3, 0.4) is 0 Å². The average molecular weight is 362 g/mol. The van der Waals surface area contributed by atoms with E-state index in [9.17, 15) is 24.9 Å². The standard InChI is InChI=1S/C21H30O5/c1-19-7-5-13(23)9-12(19)3-4-14-15-6-8-21(26,17(25)11-22)20(15,2)10-16(24)18(14)19/h9,14-16,18,22,24,26H,3-8,10-11H2,1-2H3/t14-,15+,16-,18+,19-,20-,21-/m0/s1. The number of aliphatic hydroxyl groups is 3. The Balaban J connectivity index is 1.74. The number of carbonyl (C=O) groups excluding carboxylic acids is 2. The Morgan fingerprint density at radius 1 is 1.23 bits per heavy atom. The van der Waals surface area contributed by atoms with Crippen LogP contribution < -0.4 is 0 Å². The van der Waals surface area contributed by atoms with E-state index in [1.165, 1.54) is 5.57 Å². The topological polar surface area (TPSA) is 94.8 Å². The van der Waals surface area contributed by atoms with Gasteiger partial charge in [-0.25, -0.2) is 0 Å². The average Bonchev–Trinajstić information content (AvgIpc) is 2.86. The van der Waals surface area contributed by atoms with Crippen molar-refractivity contribution in [3.05, 3.63) is 11.6 Å². The second kappa shape index (κ2) is 5.73. The van der Waals surface area contributed by atoms with Crippen LogP contribution in [0.1, 0.15) is 58.8 Å². The maximum Gasteiger partial charge on any atom is 0.190 e. The van der Waals surface area contributed by atoms with Crippen molar-refractivity contribution >= 4 is 11.6 Å². The van der Waals surface area contributed by atoms with Crippen LogP contribution in [0, 0.1) is 28.6 Å². The fourth-order valence-corrected chi connectivity index (χ4v) is 7.28. The summed E-state index contributed by atoms with van der Waals surface area (Å²) in [5.41, 5.74) is -1.23. The highest BCUT2D eigenvalue weighted by Crippen LogP contribution is 2.67. The second-order valence-electron chi connectivity index (χ2n) is 9.56. The number of ketones is 2. The van der Waals surface area contributed by atoms with Gasteiger partial charge in [0, 0.05) is 11.8 Å². The van der Waals surface area contributed by atoms with Crippen molar-refractivity contribution in [2.45, 2.75) is 70.5 Å². The van der Waals surface area contributed by atoms with Gasteiger partial charge in [-0.3, -0.25) is 9.59 Å². The molecule has 5 heteroatoms. The number of allylic oxidation sites excluding steroid dienone is 1. The fourth-order valence-electron chi connectivity index (χ4n) is 7.28. The Kier molecular flexibility index (Phi) is 4.04. The molecule has 0 heterocycles. The van der Waals surface area contributed by atoms with Crippen molar-refractivity contribution in [1.29, 1.82) is 0 Å². The summed E-state index contributed by atoms with van der Waals surface area (Å²) in [6, 6.07) is 0. The SMILES string of the molecule is C[C@]12CCC(=O)C=C1CC[C@@H]1[C@@H]2[C@@H](O)C[C@@]2(C)[C@@H]1CC[C@]2(O)C(=O)CO. The predicted molar refractivity (Wildman–Crippen MR) is 95.1 cm³/mol. The lowest BCUT2D eigenvalue weighted by atomic mass is 9.45. The van der Waals surface area contributed by atoms with Gasteiger partial charge in [0.05, 0.1) is 6.10 Å². The summed E-state index contributed by atoms with van der Waals surface area (Å²) in [4.78, 5) is 24.3. The summed E-state index contributed by atoms with van der Waals surface area (Å²) in [5, 5.41) is 31.7. The van der Waals surface area contributed by atoms with Crippen molar-refractivity contribution in [3.8, 4) is 0 Å². The predicted octanol–water partition coefficient (Wildman–Crippen LogP) is 1.78. The summed E-state index contributed by atoms with van der Waals surface area (Å²) in [5.74, 6) is 0.140. The minimum Gasteiger partial charge on any atom is -0.393 e. The second-order valence-corrected chi connectivity index (χ2v) is 9.56. The van der Waals surface area contributed by atoms with Gasteiger partial charge in [0.15, 0.2) is 11.6 Å². The van der Waals surface area contributed by atoms with Crippen molar-refractivity contribution < 1.29 is 24.9 Å². The molecule has 3 saturated carbocycles. The monoisotopic (exact) mass is 362 g/mol. The molecular formula is C21H30O5. The summed E-state index contributed by atoms with van der Waals surface area (Å²) < 4.78 is 0. The van der Waals surface area contributed by atoms with E-state index in [2.05, 4.69) is 6.92 Å². The number of rotatable bonds is 2. The molecule has 4 aliphatic rings. The third-order valence-corrected chi connectivity index (χ3v) is 8.65. The van der Waals surface area contributed by atoms with Gasteiger partial charge in [0.1, 0.15) is 12.2 Å². The van der Waals surface area contributed by atoms with Gasteiger partial charge in [-0.1, -0.05) is 19.4 Å². The smallest absolute Gasteiger partial charge is 0.190 e. The molecule has 7 atom stereocenters. The first-order valence-electron chi connectivity index (χ1n) is 9.96. The molecule has 0 aromatic carbocycles. The summed E-state index contributed by atoms with van der Waals surface area (Å²) >= 11 is 0. The van der Waals surface area contributed by atoms with Crippen LogP contribution in [0.2, 0.25) is 0 Å². The zero-order valence-corrected chi connectivity index (χ0v) is 15.7. The third kappa shape index (κ3) is 2.14. The highest BCUT2D eigenvalue weighted by molar-refractivity contribution is 5.91. The first-order chi connectivity index (χ1) is 12.2. The van der Waals surface area contributed by atoms with Crippen LogP contribution in [-0.4, -0.2) is 45.2 Å². The molecule has 0 saturated heterocycles.